The van der Waals surface area contributed by atoms with Crippen molar-refractivity contribution in [1.29, 1.82) is 0 Å². The molecular weight excluding hydrogens is 392 g/mol. The van der Waals surface area contributed by atoms with Crippen LogP contribution < -0.4 is 4.74 Å². The minimum atomic E-state index is -3.20. The fourth-order valence-electron chi connectivity index (χ4n) is 4.15. The van der Waals surface area contributed by atoms with Crippen LogP contribution >= 0.6 is 0 Å². The summed E-state index contributed by atoms with van der Waals surface area (Å²) in [4.78, 5) is 25.4. The molecule has 0 radical (unpaired) electrons. The van der Waals surface area contributed by atoms with Gasteiger partial charge in [0.25, 0.3) is 5.91 Å². The van der Waals surface area contributed by atoms with Gasteiger partial charge in [-0.2, -0.15) is 4.98 Å². The maximum absolute atomic E-state index is 12.7. The largest absolute Gasteiger partial charge is 0.464 e. The Bertz CT molecular complexity index is 1030. The Kier molecular flexibility index (Phi) is 5.04. The summed E-state index contributed by atoms with van der Waals surface area (Å²) < 4.78 is 29.2. The number of carbonyl (C=O) groups excluding carboxylic acids is 1. The van der Waals surface area contributed by atoms with Gasteiger partial charge in [-0.25, -0.2) is 13.4 Å². The third-order valence-electron chi connectivity index (χ3n) is 5.64. The zero-order valence-electron chi connectivity index (χ0n) is 16.6. The molecule has 0 saturated carbocycles. The number of hydrogen-bond acceptors (Lipinski definition) is 7. The Balaban J connectivity index is 1.46. The van der Waals surface area contributed by atoms with Crippen molar-refractivity contribution in [2.24, 2.45) is 5.92 Å². The Morgan fingerprint density at radius 2 is 1.90 bits per heavy atom. The van der Waals surface area contributed by atoms with Gasteiger partial charge >= 0.3 is 0 Å². The maximum atomic E-state index is 12.7. The molecule has 2 aliphatic heterocycles. The number of benzene rings is 1. The Morgan fingerprint density at radius 3 is 2.55 bits per heavy atom. The molecule has 0 aliphatic carbocycles. The van der Waals surface area contributed by atoms with Crippen LogP contribution in [-0.4, -0.2) is 72.6 Å². The number of nitrogens with zero attached hydrogens (tertiary/aromatic N) is 4. The van der Waals surface area contributed by atoms with Crippen LogP contribution in [0.5, 0.6) is 5.88 Å². The van der Waals surface area contributed by atoms with Crippen molar-refractivity contribution in [2.75, 3.05) is 26.4 Å². The van der Waals surface area contributed by atoms with Crippen LogP contribution in [-0.2, 0) is 21.2 Å². The number of rotatable bonds is 5. The predicted octanol–water partition coefficient (Wildman–Crippen LogP) is 0.909. The molecular formula is C20H24N4O4S. The van der Waals surface area contributed by atoms with Crippen LogP contribution in [0.4, 0.5) is 0 Å². The van der Waals surface area contributed by atoms with E-state index < -0.39 is 15.9 Å². The standard InChI is InChI=1S/C20H24N4O4S/c1-13-21-9-8-18(22-13)28-19-16-11-24(12-17(16)23(2)20(19)25)10-14-4-6-15(7-5-14)29(3,26)27/h4-9,16-17,19H,10-12H2,1-3H3/t16-,17+,19-/m0/s1. The van der Waals surface area contributed by atoms with Crippen molar-refractivity contribution in [3.8, 4) is 5.88 Å². The second-order valence-corrected chi connectivity index (χ2v) is 9.79. The summed E-state index contributed by atoms with van der Waals surface area (Å²) in [6.07, 6.45) is 2.27. The minimum Gasteiger partial charge on any atom is -0.464 e. The SMILES string of the molecule is Cc1nccc(O[C@@H]2C(=O)N(C)[C@@H]3CN(Cc4ccc(S(C)(=O)=O)cc4)C[C@H]23)n1. The van der Waals surface area contributed by atoms with Gasteiger partial charge in [-0.05, 0) is 24.6 Å². The zero-order chi connectivity index (χ0) is 20.8. The summed E-state index contributed by atoms with van der Waals surface area (Å²) in [6, 6.07) is 8.73. The van der Waals surface area contributed by atoms with Crippen LogP contribution in [0.15, 0.2) is 41.4 Å². The first-order valence-electron chi connectivity index (χ1n) is 9.47. The maximum Gasteiger partial charge on any atom is 0.264 e. The third kappa shape index (κ3) is 3.97. The summed E-state index contributed by atoms with van der Waals surface area (Å²) in [7, 11) is -1.38. The molecule has 9 heteroatoms. The van der Waals surface area contributed by atoms with E-state index in [2.05, 4.69) is 14.9 Å². The second-order valence-electron chi connectivity index (χ2n) is 7.77. The van der Waals surface area contributed by atoms with Gasteiger partial charge in [0.1, 0.15) is 5.82 Å². The fraction of sp³-hybridized carbons (Fsp3) is 0.450. The molecule has 154 valence electrons. The molecule has 2 saturated heterocycles. The van der Waals surface area contributed by atoms with Crippen molar-refractivity contribution in [2.45, 2.75) is 30.5 Å². The van der Waals surface area contributed by atoms with Gasteiger partial charge in [-0.3, -0.25) is 9.69 Å². The van der Waals surface area contributed by atoms with Crippen molar-refractivity contribution in [3.63, 3.8) is 0 Å². The number of sulfone groups is 1. The van der Waals surface area contributed by atoms with Gasteiger partial charge < -0.3 is 9.64 Å². The Labute approximate surface area is 170 Å². The molecule has 0 N–H and O–H groups in total. The van der Waals surface area contributed by atoms with Crippen molar-refractivity contribution < 1.29 is 17.9 Å². The monoisotopic (exact) mass is 416 g/mol. The highest BCUT2D eigenvalue weighted by molar-refractivity contribution is 7.90. The van der Waals surface area contributed by atoms with Gasteiger partial charge in [-0.15, -0.1) is 0 Å². The smallest absolute Gasteiger partial charge is 0.264 e. The molecule has 0 unspecified atom stereocenters. The topological polar surface area (TPSA) is 92.7 Å². The molecule has 3 atom stereocenters. The van der Waals surface area contributed by atoms with E-state index in [0.717, 1.165) is 18.7 Å². The number of carbonyl (C=O) groups is 1. The summed E-state index contributed by atoms with van der Waals surface area (Å²) in [6.45, 7) is 3.95. The summed E-state index contributed by atoms with van der Waals surface area (Å²) >= 11 is 0. The molecule has 1 aromatic heterocycles. The lowest BCUT2D eigenvalue weighted by molar-refractivity contribution is -0.134. The van der Waals surface area contributed by atoms with Crippen LogP contribution in [0.1, 0.15) is 11.4 Å². The summed E-state index contributed by atoms with van der Waals surface area (Å²) in [5, 5.41) is 0. The normalized spacial score (nSPS) is 24.7. The van der Waals surface area contributed by atoms with Crippen LogP contribution in [0.2, 0.25) is 0 Å². The van der Waals surface area contributed by atoms with E-state index in [-0.39, 0.29) is 17.9 Å². The molecule has 0 spiro atoms. The molecule has 1 aromatic carbocycles. The van der Waals surface area contributed by atoms with E-state index in [1.54, 1.807) is 36.2 Å². The first kappa shape index (κ1) is 19.8. The lowest BCUT2D eigenvalue weighted by Gasteiger charge is -2.22. The summed E-state index contributed by atoms with van der Waals surface area (Å²) in [5.74, 6) is 1.05. The fourth-order valence-corrected chi connectivity index (χ4v) is 4.78. The molecule has 3 heterocycles. The van der Waals surface area contributed by atoms with E-state index in [1.165, 1.54) is 6.26 Å². The van der Waals surface area contributed by atoms with E-state index in [1.807, 2.05) is 19.2 Å². The highest BCUT2D eigenvalue weighted by atomic mass is 32.2. The Morgan fingerprint density at radius 1 is 1.17 bits per heavy atom. The lowest BCUT2D eigenvalue weighted by Crippen LogP contribution is -2.38. The van der Waals surface area contributed by atoms with Gasteiger partial charge in [0, 0.05) is 51.1 Å². The number of fused-ring (bicyclic) bond motifs is 1. The molecule has 0 bridgehead atoms. The molecule has 2 fully saturated rings. The zero-order valence-corrected chi connectivity index (χ0v) is 17.5. The van der Waals surface area contributed by atoms with Crippen molar-refractivity contribution in [3.05, 3.63) is 47.9 Å². The number of aryl methyl sites for hydroxylation is 1. The Hall–Kier alpha value is -2.52. The molecule has 1 amide bonds. The quantitative estimate of drug-likeness (QED) is 0.715. The summed E-state index contributed by atoms with van der Waals surface area (Å²) in [5.41, 5.74) is 1.04. The van der Waals surface area contributed by atoms with E-state index in [0.29, 0.717) is 23.1 Å². The predicted molar refractivity (Wildman–Crippen MR) is 106 cm³/mol. The van der Waals surface area contributed by atoms with E-state index in [4.69, 9.17) is 4.74 Å². The number of amides is 1. The number of aromatic nitrogens is 2. The number of likely N-dealkylation sites (N-methyl/N-ethyl adjacent to an activating group) is 1. The highest BCUT2D eigenvalue weighted by Crippen LogP contribution is 2.34. The average Bonchev–Trinajstić information content (AvgIpc) is 3.16. The average molecular weight is 417 g/mol. The van der Waals surface area contributed by atoms with Crippen molar-refractivity contribution >= 4 is 15.7 Å². The molecule has 29 heavy (non-hydrogen) atoms. The number of likely N-dealkylation sites (tertiary alicyclic amines) is 2. The second kappa shape index (κ2) is 7.38. The van der Waals surface area contributed by atoms with Crippen molar-refractivity contribution in [1.82, 2.24) is 19.8 Å². The first-order valence-corrected chi connectivity index (χ1v) is 11.4. The van der Waals surface area contributed by atoms with E-state index in [9.17, 15) is 13.2 Å². The number of hydrogen-bond donors (Lipinski definition) is 0. The van der Waals surface area contributed by atoms with Gasteiger partial charge in [0.2, 0.25) is 5.88 Å². The molecule has 2 aliphatic rings. The van der Waals surface area contributed by atoms with Gasteiger partial charge in [0.15, 0.2) is 15.9 Å². The first-order chi connectivity index (χ1) is 13.7. The van der Waals surface area contributed by atoms with Gasteiger partial charge in [-0.1, -0.05) is 12.1 Å². The van der Waals surface area contributed by atoms with Crippen LogP contribution in [0.25, 0.3) is 0 Å². The minimum absolute atomic E-state index is 0.0200. The molecule has 8 nitrogen and oxygen atoms in total. The third-order valence-corrected chi connectivity index (χ3v) is 6.77. The molecule has 2 aromatic rings. The lowest BCUT2D eigenvalue weighted by atomic mass is 10.0. The van der Waals surface area contributed by atoms with Crippen LogP contribution in [0, 0.1) is 12.8 Å². The van der Waals surface area contributed by atoms with E-state index >= 15 is 0 Å². The molecule has 4 rings (SSSR count). The highest BCUT2D eigenvalue weighted by Gasteiger charge is 2.52. The number of ether oxygens (including phenoxy) is 1. The van der Waals surface area contributed by atoms with Crippen LogP contribution in [0.3, 0.4) is 0 Å². The van der Waals surface area contributed by atoms with Gasteiger partial charge in [0.05, 0.1) is 10.9 Å².